The van der Waals surface area contributed by atoms with Crippen molar-refractivity contribution in [2.24, 2.45) is 5.41 Å². The molecule has 0 spiro atoms. The average molecular weight is 111 g/mol. The van der Waals surface area contributed by atoms with E-state index in [0.29, 0.717) is 5.41 Å². The van der Waals surface area contributed by atoms with Crippen LogP contribution in [0.15, 0.2) is 0 Å². The van der Waals surface area contributed by atoms with Crippen molar-refractivity contribution in [2.75, 3.05) is 0 Å². The zero-order valence-corrected chi connectivity index (χ0v) is 5.91. The molecule has 0 aliphatic heterocycles. The van der Waals surface area contributed by atoms with Crippen molar-refractivity contribution in [1.82, 2.24) is 0 Å². The van der Waals surface area contributed by atoms with Crippen LogP contribution in [-0.2, 0) is 0 Å². The SMILES string of the molecule is CC1(C)C[CH-]CCC1. The van der Waals surface area contributed by atoms with Gasteiger partial charge in [0.25, 0.3) is 0 Å². The van der Waals surface area contributed by atoms with E-state index in [4.69, 9.17) is 0 Å². The van der Waals surface area contributed by atoms with Crippen molar-refractivity contribution in [3.05, 3.63) is 6.42 Å². The van der Waals surface area contributed by atoms with Crippen LogP contribution in [0.3, 0.4) is 0 Å². The molecule has 0 atom stereocenters. The maximum absolute atomic E-state index is 2.42. The Bertz CT molecular complexity index is 64.1. The van der Waals surface area contributed by atoms with Crippen LogP contribution in [-0.4, -0.2) is 0 Å². The van der Waals surface area contributed by atoms with Crippen molar-refractivity contribution >= 4 is 0 Å². The Labute approximate surface area is 52.3 Å². The minimum Gasteiger partial charge on any atom is -0.328 e. The van der Waals surface area contributed by atoms with E-state index in [0.717, 1.165) is 0 Å². The summed E-state index contributed by atoms with van der Waals surface area (Å²) in [7, 11) is 0. The molecule has 0 bridgehead atoms. The van der Waals surface area contributed by atoms with Crippen LogP contribution in [0.1, 0.15) is 39.5 Å². The molecule has 0 saturated heterocycles. The minimum absolute atomic E-state index is 0.623. The molecule has 0 unspecified atom stereocenters. The van der Waals surface area contributed by atoms with Gasteiger partial charge in [0.15, 0.2) is 0 Å². The molecule has 0 amide bonds. The fraction of sp³-hybridized carbons (Fsp3) is 0.875. The Morgan fingerprint density at radius 2 is 2.12 bits per heavy atom. The van der Waals surface area contributed by atoms with Gasteiger partial charge in [-0.1, -0.05) is 32.1 Å². The summed E-state index contributed by atoms with van der Waals surface area (Å²) in [6.07, 6.45) is 7.93. The molecule has 8 heavy (non-hydrogen) atoms. The standard InChI is InChI=1S/C8H15/c1-8(2)6-4-3-5-7-8/h4H,3,5-7H2,1-2H3/q-1. The molecular formula is C8H15-. The highest BCUT2D eigenvalue weighted by Gasteiger charge is 2.14. The van der Waals surface area contributed by atoms with Gasteiger partial charge in [0.2, 0.25) is 0 Å². The third-order valence-electron chi connectivity index (χ3n) is 1.96. The largest absolute Gasteiger partial charge is 0.328 e. The van der Waals surface area contributed by atoms with E-state index in [1.54, 1.807) is 0 Å². The van der Waals surface area contributed by atoms with Gasteiger partial charge < -0.3 is 6.42 Å². The molecule has 0 aromatic rings. The van der Waals surface area contributed by atoms with E-state index >= 15 is 0 Å². The topological polar surface area (TPSA) is 0 Å². The highest BCUT2D eigenvalue weighted by molar-refractivity contribution is 4.82. The van der Waals surface area contributed by atoms with E-state index in [9.17, 15) is 0 Å². The summed E-state index contributed by atoms with van der Waals surface area (Å²) in [6, 6.07) is 0. The summed E-state index contributed by atoms with van der Waals surface area (Å²) < 4.78 is 0. The van der Waals surface area contributed by atoms with Gasteiger partial charge >= 0.3 is 0 Å². The first kappa shape index (κ1) is 6.12. The number of hydrogen-bond donors (Lipinski definition) is 0. The molecule has 0 radical (unpaired) electrons. The van der Waals surface area contributed by atoms with Gasteiger partial charge in [-0.3, -0.25) is 0 Å². The first-order valence-corrected chi connectivity index (χ1v) is 3.52. The molecule has 1 aliphatic rings. The first-order chi connectivity index (χ1) is 3.71. The van der Waals surface area contributed by atoms with Gasteiger partial charge in [-0.25, -0.2) is 0 Å². The fourth-order valence-electron chi connectivity index (χ4n) is 1.32. The predicted molar refractivity (Wildman–Crippen MR) is 36.5 cm³/mol. The van der Waals surface area contributed by atoms with Crippen LogP contribution in [0.5, 0.6) is 0 Å². The first-order valence-electron chi connectivity index (χ1n) is 3.52. The third-order valence-corrected chi connectivity index (χ3v) is 1.96. The van der Waals surface area contributed by atoms with Gasteiger partial charge in [0.1, 0.15) is 0 Å². The van der Waals surface area contributed by atoms with Crippen LogP contribution in [0, 0.1) is 11.8 Å². The van der Waals surface area contributed by atoms with Crippen molar-refractivity contribution in [3.8, 4) is 0 Å². The highest BCUT2D eigenvalue weighted by atomic mass is 14.3. The van der Waals surface area contributed by atoms with Crippen molar-refractivity contribution in [1.29, 1.82) is 0 Å². The maximum Gasteiger partial charge on any atom is -0.0530 e. The lowest BCUT2D eigenvalue weighted by Crippen LogP contribution is -2.15. The zero-order valence-electron chi connectivity index (χ0n) is 5.91. The van der Waals surface area contributed by atoms with Crippen LogP contribution in [0.2, 0.25) is 0 Å². The van der Waals surface area contributed by atoms with Crippen molar-refractivity contribution < 1.29 is 0 Å². The number of hydrogen-bond acceptors (Lipinski definition) is 0. The summed E-state index contributed by atoms with van der Waals surface area (Å²) in [5.74, 6) is 0. The highest BCUT2D eigenvalue weighted by Crippen LogP contribution is 2.33. The quantitative estimate of drug-likeness (QED) is 0.422. The van der Waals surface area contributed by atoms with Crippen molar-refractivity contribution in [2.45, 2.75) is 39.5 Å². The van der Waals surface area contributed by atoms with Crippen LogP contribution >= 0.6 is 0 Å². The van der Waals surface area contributed by atoms with E-state index in [1.165, 1.54) is 25.7 Å². The summed E-state index contributed by atoms with van der Waals surface area (Å²) in [5.41, 5.74) is 0.623. The summed E-state index contributed by atoms with van der Waals surface area (Å²) in [5, 5.41) is 0. The lowest BCUT2D eigenvalue weighted by Gasteiger charge is -2.35. The molecule has 1 fully saturated rings. The van der Waals surface area contributed by atoms with Crippen LogP contribution < -0.4 is 0 Å². The average Bonchev–Trinajstić information content (AvgIpc) is 1.65. The molecule has 48 valence electrons. The van der Waals surface area contributed by atoms with Gasteiger partial charge in [-0.2, -0.15) is 12.8 Å². The summed E-state index contributed by atoms with van der Waals surface area (Å²) >= 11 is 0. The van der Waals surface area contributed by atoms with E-state index < -0.39 is 0 Å². The van der Waals surface area contributed by atoms with E-state index in [1.807, 2.05) is 0 Å². The second-order valence-corrected chi connectivity index (χ2v) is 3.55. The molecular weight excluding hydrogens is 96.1 g/mol. The molecule has 0 N–H and O–H groups in total. The molecule has 0 heterocycles. The summed E-state index contributed by atoms with van der Waals surface area (Å²) in [4.78, 5) is 0. The van der Waals surface area contributed by atoms with Gasteiger partial charge in [0, 0.05) is 0 Å². The molecule has 0 aromatic heterocycles. The van der Waals surface area contributed by atoms with E-state index in [2.05, 4.69) is 20.3 Å². The van der Waals surface area contributed by atoms with Crippen LogP contribution in [0.25, 0.3) is 0 Å². The Hall–Kier alpha value is 0. The lowest BCUT2D eigenvalue weighted by atomic mass is 9.78. The Balaban J connectivity index is 2.33. The Morgan fingerprint density at radius 1 is 1.38 bits per heavy atom. The van der Waals surface area contributed by atoms with E-state index in [-0.39, 0.29) is 0 Å². The fourth-order valence-corrected chi connectivity index (χ4v) is 1.32. The van der Waals surface area contributed by atoms with Crippen molar-refractivity contribution in [3.63, 3.8) is 0 Å². The second-order valence-electron chi connectivity index (χ2n) is 3.55. The molecule has 1 saturated carbocycles. The van der Waals surface area contributed by atoms with Gasteiger partial charge in [-0.05, 0) is 0 Å². The Morgan fingerprint density at radius 3 is 2.38 bits per heavy atom. The molecule has 0 aromatic carbocycles. The third kappa shape index (κ3) is 1.50. The lowest BCUT2D eigenvalue weighted by molar-refractivity contribution is 0.285. The predicted octanol–water partition coefficient (Wildman–Crippen LogP) is 2.79. The monoisotopic (exact) mass is 111 g/mol. The molecule has 0 heteroatoms. The molecule has 1 aliphatic carbocycles. The van der Waals surface area contributed by atoms with Gasteiger partial charge in [0.05, 0.1) is 0 Å². The Kier molecular flexibility index (Phi) is 1.59. The maximum atomic E-state index is 2.42. The van der Waals surface area contributed by atoms with Gasteiger partial charge in [-0.15, -0.1) is 0 Å². The van der Waals surface area contributed by atoms with Crippen LogP contribution in [0.4, 0.5) is 0 Å². The molecule has 1 rings (SSSR count). The molecule has 0 nitrogen and oxygen atoms in total. The zero-order chi connectivity index (χ0) is 6.04. The minimum atomic E-state index is 0.623. The number of rotatable bonds is 0. The normalized spacial score (nSPS) is 27.8. The second kappa shape index (κ2) is 2.08. The summed E-state index contributed by atoms with van der Waals surface area (Å²) in [6.45, 7) is 4.70. The smallest absolute Gasteiger partial charge is 0.0530 e.